The average Bonchev–Trinajstić information content (AvgIpc) is 2.90. The number of nitrogens with one attached hydrogen (secondary N) is 1. The first-order valence-electron chi connectivity index (χ1n) is 6.99. The number of hydrogen-bond acceptors (Lipinski definition) is 3. The summed E-state index contributed by atoms with van der Waals surface area (Å²) >= 11 is 0. The maximum absolute atomic E-state index is 11.0. The minimum atomic E-state index is -1.11. The Hall–Kier alpha value is -2.89. The number of carboxylic acid groups (broad SMARTS) is 1. The molecule has 0 aliphatic heterocycles. The Kier molecular flexibility index (Phi) is 3.50. The van der Waals surface area contributed by atoms with Crippen LogP contribution in [0, 0.1) is 0 Å². The van der Waals surface area contributed by atoms with Gasteiger partial charge in [0.1, 0.15) is 5.82 Å². The molecule has 0 radical (unpaired) electrons. The van der Waals surface area contributed by atoms with Crippen molar-refractivity contribution in [2.75, 3.05) is 5.32 Å². The molecule has 2 aromatic heterocycles. The van der Waals surface area contributed by atoms with Gasteiger partial charge in [-0.2, -0.15) is 5.10 Å². The molecule has 0 aliphatic rings. The quantitative estimate of drug-likeness (QED) is 0.773. The van der Waals surface area contributed by atoms with E-state index in [-0.39, 0.29) is 5.92 Å². The van der Waals surface area contributed by atoms with E-state index in [0.717, 1.165) is 22.3 Å². The van der Waals surface area contributed by atoms with E-state index in [1.54, 1.807) is 16.9 Å². The zero-order valence-corrected chi connectivity index (χ0v) is 12.3. The fraction of sp³-hybridized carbons (Fsp3) is 0.188. The number of anilines is 1. The summed E-state index contributed by atoms with van der Waals surface area (Å²) < 4.78 is 1.61. The van der Waals surface area contributed by atoms with Crippen LogP contribution in [0.4, 0.5) is 10.6 Å². The van der Waals surface area contributed by atoms with Crippen LogP contribution in [0.2, 0.25) is 0 Å². The topological polar surface area (TPSA) is 80.0 Å². The second kappa shape index (κ2) is 5.48. The molecule has 0 unspecified atom stereocenters. The highest BCUT2D eigenvalue weighted by Crippen LogP contribution is 2.24. The van der Waals surface area contributed by atoms with Gasteiger partial charge in [0.2, 0.25) is 0 Å². The van der Waals surface area contributed by atoms with Crippen molar-refractivity contribution in [3.05, 3.63) is 48.3 Å². The summed E-state index contributed by atoms with van der Waals surface area (Å²) in [6.07, 6.45) is 0.628. The standard InChI is InChI=1S/C16H16N4O2/c1-10(2)14-9-15(18-16(21)22)20(19-14)12-5-6-13-11(8-12)4-3-7-17-13/h3-10,18H,1-2H3,(H,21,22). The van der Waals surface area contributed by atoms with Gasteiger partial charge in [0.05, 0.1) is 16.9 Å². The van der Waals surface area contributed by atoms with Gasteiger partial charge in [-0.15, -0.1) is 0 Å². The first-order chi connectivity index (χ1) is 10.5. The lowest BCUT2D eigenvalue weighted by atomic mass is 10.1. The summed E-state index contributed by atoms with van der Waals surface area (Å²) in [6, 6.07) is 11.3. The molecule has 0 bridgehead atoms. The number of fused-ring (bicyclic) bond motifs is 1. The molecule has 0 saturated carbocycles. The van der Waals surface area contributed by atoms with Crippen LogP contribution in [0.5, 0.6) is 0 Å². The SMILES string of the molecule is CC(C)c1cc(NC(=O)O)n(-c2ccc3ncccc3c2)n1. The molecular formula is C16H16N4O2. The first-order valence-corrected chi connectivity index (χ1v) is 6.99. The van der Waals surface area contributed by atoms with Crippen molar-refractivity contribution in [1.82, 2.24) is 14.8 Å². The molecule has 0 aliphatic carbocycles. The van der Waals surface area contributed by atoms with E-state index >= 15 is 0 Å². The van der Waals surface area contributed by atoms with Gasteiger partial charge in [-0.1, -0.05) is 19.9 Å². The summed E-state index contributed by atoms with van der Waals surface area (Å²) in [7, 11) is 0. The zero-order chi connectivity index (χ0) is 15.7. The van der Waals surface area contributed by atoms with Crippen molar-refractivity contribution < 1.29 is 9.90 Å². The number of hydrogen-bond donors (Lipinski definition) is 2. The molecule has 1 amide bonds. The van der Waals surface area contributed by atoms with Crippen LogP contribution < -0.4 is 5.32 Å². The third-order valence-corrected chi connectivity index (χ3v) is 3.39. The Morgan fingerprint density at radius 1 is 1.27 bits per heavy atom. The van der Waals surface area contributed by atoms with Crippen LogP contribution in [0.3, 0.4) is 0 Å². The number of aromatic nitrogens is 3. The second-order valence-corrected chi connectivity index (χ2v) is 5.33. The van der Waals surface area contributed by atoms with E-state index in [0.29, 0.717) is 5.82 Å². The summed E-state index contributed by atoms with van der Waals surface area (Å²) in [5, 5.41) is 16.9. The molecule has 112 valence electrons. The molecule has 0 spiro atoms. The highest BCUT2D eigenvalue weighted by atomic mass is 16.4. The van der Waals surface area contributed by atoms with Crippen LogP contribution in [-0.2, 0) is 0 Å². The molecule has 2 N–H and O–H groups in total. The number of pyridine rings is 1. The van der Waals surface area contributed by atoms with E-state index in [2.05, 4.69) is 15.4 Å². The highest BCUT2D eigenvalue weighted by molar-refractivity contribution is 5.83. The lowest BCUT2D eigenvalue weighted by Gasteiger charge is -2.08. The minimum Gasteiger partial charge on any atom is -0.465 e. The molecule has 0 atom stereocenters. The minimum absolute atomic E-state index is 0.206. The fourth-order valence-electron chi connectivity index (χ4n) is 2.27. The number of rotatable bonds is 3. The summed E-state index contributed by atoms with van der Waals surface area (Å²) in [5.41, 5.74) is 2.50. The monoisotopic (exact) mass is 296 g/mol. The third kappa shape index (κ3) is 2.63. The molecule has 1 aromatic carbocycles. The lowest BCUT2D eigenvalue weighted by molar-refractivity contribution is 0.209. The molecule has 0 saturated heterocycles. The predicted octanol–water partition coefficient (Wildman–Crippen LogP) is 3.63. The van der Waals surface area contributed by atoms with Gasteiger partial charge in [-0.3, -0.25) is 10.3 Å². The van der Waals surface area contributed by atoms with E-state index in [4.69, 9.17) is 5.11 Å². The van der Waals surface area contributed by atoms with Crippen molar-refractivity contribution in [1.29, 1.82) is 0 Å². The van der Waals surface area contributed by atoms with Gasteiger partial charge in [-0.25, -0.2) is 9.48 Å². The van der Waals surface area contributed by atoms with Crippen LogP contribution in [0.1, 0.15) is 25.5 Å². The molecule has 2 heterocycles. The number of nitrogens with zero attached hydrogens (tertiary/aromatic N) is 3. The molecule has 0 fully saturated rings. The summed E-state index contributed by atoms with van der Waals surface area (Å²) in [6.45, 7) is 4.03. The summed E-state index contributed by atoms with van der Waals surface area (Å²) in [5.74, 6) is 0.636. The van der Waals surface area contributed by atoms with Crippen molar-refractivity contribution >= 4 is 22.8 Å². The van der Waals surface area contributed by atoms with Crippen LogP contribution in [-0.4, -0.2) is 26.0 Å². The maximum atomic E-state index is 11.0. The number of carbonyl (C=O) groups is 1. The maximum Gasteiger partial charge on any atom is 0.410 e. The molecule has 6 nitrogen and oxygen atoms in total. The molecular weight excluding hydrogens is 280 g/mol. The van der Waals surface area contributed by atoms with E-state index in [1.165, 1.54) is 0 Å². The van der Waals surface area contributed by atoms with Gasteiger partial charge in [0.15, 0.2) is 0 Å². The number of benzene rings is 1. The van der Waals surface area contributed by atoms with Gasteiger partial charge >= 0.3 is 6.09 Å². The molecule has 6 heteroatoms. The number of amides is 1. The van der Waals surface area contributed by atoms with Gasteiger partial charge in [0, 0.05) is 17.6 Å². The molecule has 3 rings (SSSR count). The van der Waals surface area contributed by atoms with Gasteiger partial charge in [-0.05, 0) is 30.2 Å². The Morgan fingerprint density at radius 3 is 2.82 bits per heavy atom. The Bertz CT molecular complexity index is 839. The summed E-state index contributed by atoms with van der Waals surface area (Å²) in [4.78, 5) is 15.3. The normalized spacial score (nSPS) is 11.0. The van der Waals surface area contributed by atoms with E-state index in [9.17, 15) is 4.79 Å². The molecule has 3 aromatic rings. The average molecular weight is 296 g/mol. The second-order valence-electron chi connectivity index (χ2n) is 5.33. The largest absolute Gasteiger partial charge is 0.465 e. The van der Waals surface area contributed by atoms with Crippen molar-refractivity contribution in [2.24, 2.45) is 0 Å². The fourth-order valence-corrected chi connectivity index (χ4v) is 2.27. The lowest BCUT2D eigenvalue weighted by Crippen LogP contribution is -2.11. The molecule has 22 heavy (non-hydrogen) atoms. The Labute approximate surface area is 127 Å². The van der Waals surface area contributed by atoms with Crippen LogP contribution in [0.15, 0.2) is 42.6 Å². The van der Waals surface area contributed by atoms with Crippen molar-refractivity contribution in [2.45, 2.75) is 19.8 Å². The van der Waals surface area contributed by atoms with Gasteiger partial charge in [0.25, 0.3) is 0 Å². The highest BCUT2D eigenvalue weighted by Gasteiger charge is 2.14. The van der Waals surface area contributed by atoms with Crippen molar-refractivity contribution in [3.8, 4) is 5.69 Å². The van der Waals surface area contributed by atoms with E-state index < -0.39 is 6.09 Å². The zero-order valence-electron chi connectivity index (χ0n) is 12.3. The first kappa shape index (κ1) is 14.1. The smallest absolute Gasteiger partial charge is 0.410 e. The van der Waals surface area contributed by atoms with Crippen molar-refractivity contribution in [3.63, 3.8) is 0 Å². The van der Waals surface area contributed by atoms with Crippen LogP contribution >= 0.6 is 0 Å². The Morgan fingerprint density at radius 2 is 2.09 bits per heavy atom. The third-order valence-electron chi connectivity index (χ3n) is 3.39. The predicted molar refractivity (Wildman–Crippen MR) is 84.6 cm³/mol. The Balaban J connectivity index is 2.13. The van der Waals surface area contributed by atoms with Crippen LogP contribution in [0.25, 0.3) is 16.6 Å². The van der Waals surface area contributed by atoms with Gasteiger partial charge < -0.3 is 5.11 Å². The van der Waals surface area contributed by atoms with E-state index in [1.807, 2.05) is 44.2 Å².